The quantitative estimate of drug-likeness (QED) is 0.771. The second-order valence-corrected chi connectivity index (χ2v) is 6.05. The molecule has 0 amide bonds. The third kappa shape index (κ3) is 3.24. The first-order valence-corrected chi connectivity index (χ1v) is 7.33. The van der Waals surface area contributed by atoms with E-state index < -0.39 is 0 Å². The minimum Gasteiger partial charge on any atom is -0.303 e. The summed E-state index contributed by atoms with van der Waals surface area (Å²) in [5, 5.41) is 0. The van der Waals surface area contributed by atoms with Crippen LogP contribution >= 0.6 is 0 Å². The van der Waals surface area contributed by atoms with Crippen LogP contribution in [0.2, 0.25) is 0 Å². The molecule has 0 N–H and O–H groups in total. The first-order valence-electron chi connectivity index (χ1n) is 7.33. The summed E-state index contributed by atoms with van der Waals surface area (Å²) in [5.74, 6) is 0.403. The van der Waals surface area contributed by atoms with E-state index in [0.29, 0.717) is 5.78 Å². The zero-order valence-corrected chi connectivity index (χ0v) is 12.6. The van der Waals surface area contributed by atoms with Crippen molar-refractivity contribution in [3.05, 3.63) is 34.4 Å². The maximum atomic E-state index is 12.7. The molecule has 1 aromatic rings. The van der Waals surface area contributed by atoms with E-state index in [4.69, 9.17) is 0 Å². The molecule has 0 radical (unpaired) electrons. The van der Waals surface area contributed by atoms with Crippen LogP contribution in [-0.4, -0.2) is 30.3 Å². The Balaban J connectivity index is 2.14. The van der Waals surface area contributed by atoms with E-state index in [1.54, 1.807) is 0 Å². The highest BCUT2D eigenvalue weighted by Gasteiger charge is 2.23. The molecule has 104 valence electrons. The molecular formula is C17H25NO. The van der Waals surface area contributed by atoms with Crippen LogP contribution in [0.1, 0.15) is 46.8 Å². The smallest absolute Gasteiger partial charge is 0.167 e. The number of rotatable bonds is 4. The van der Waals surface area contributed by atoms with Crippen LogP contribution in [0, 0.1) is 26.7 Å². The summed E-state index contributed by atoms with van der Waals surface area (Å²) in [5.41, 5.74) is 4.42. The number of carbonyl (C=O) groups excluding carboxylic acids is 1. The Morgan fingerprint density at radius 3 is 2.21 bits per heavy atom. The molecule has 1 aliphatic heterocycles. The Hall–Kier alpha value is -1.15. The fourth-order valence-electron chi connectivity index (χ4n) is 3.25. The Morgan fingerprint density at radius 1 is 1.16 bits per heavy atom. The number of nitrogens with zero attached hydrogens (tertiary/aromatic N) is 1. The fourth-order valence-corrected chi connectivity index (χ4v) is 3.25. The number of benzene rings is 1. The van der Waals surface area contributed by atoms with Crippen molar-refractivity contribution in [2.75, 3.05) is 19.6 Å². The highest BCUT2D eigenvalue weighted by molar-refractivity contribution is 6.00. The Labute approximate surface area is 116 Å². The van der Waals surface area contributed by atoms with Crippen molar-refractivity contribution >= 4 is 5.78 Å². The van der Waals surface area contributed by atoms with Gasteiger partial charge in [0.15, 0.2) is 5.78 Å². The van der Waals surface area contributed by atoms with E-state index >= 15 is 0 Å². The molecule has 1 heterocycles. The molecule has 1 unspecified atom stereocenters. The molecule has 2 rings (SSSR count). The summed E-state index contributed by atoms with van der Waals surface area (Å²) < 4.78 is 0. The molecule has 0 aromatic heterocycles. The summed E-state index contributed by atoms with van der Waals surface area (Å²) in [6.45, 7) is 11.5. The van der Waals surface area contributed by atoms with E-state index in [1.807, 2.05) is 0 Å². The zero-order valence-electron chi connectivity index (χ0n) is 12.6. The van der Waals surface area contributed by atoms with Crippen molar-refractivity contribution < 1.29 is 4.79 Å². The first kappa shape index (κ1) is 14.3. The van der Waals surface area contributed by atoms with Crippen molar-refractivity contribution in [2.24, 2.45) is 5.92 Å². The van der Waals surface area contributed by atoms with Gasteiger partial charge < -0.3 is 4.90 Å². The predicted octanol–water partition coefficient (Wildman–Crippen LogP) is 3.53. The molecule has 0 saturated carbocycles. The Kier molecular flexibility index (Phi) is 4.41. The lowest BCUT2D eigenvalue weighted by Gasteiger charge is -2.21. The monoisotopic (exact) mass is 259 g/mol. The van der Waals surface area contributed by atoms with E-state index in [1.165, 1.54) is 18.4 Å². The van der Waals surface area contributed by atoms with Crippen LogP contribution in [0.5, 0.6) is 0 Å². The minimum absolute atomic E-state index is 0.0956. The van der Waals surface area contributed by atoms with Crippen molar-refractivity contribution in [3.8, 4) is 0 Å². The molecule has 0 aliphatic carbocycles. The first-order chi connectivity index (χ1) is 8.99. The van der Waals surface area contributed by atoms with Gasteiger partial charge in [-0.1, -0.05) is 24.6 Å². The SMILES string of the molecule is Cc1cc(C)c(C(=O)C(C)CN2CCCC2)c(C)c1. The number of aryl methyl sites for hydroxylation is 3. The van der Waals surface area contributed by atoms with Gasteiger partial charge in [0.05, 0.1) is 0 Å². The third-order valence-corrected chi connectivity index (χ3v) is 4.10. The van der Waals surface area contributed by atoms with Gasteiger partial charge in [0.1, 0.15) is 0 Å². The van der Waals surface area contributed by atoms with Gasteiger partial charge in [-0.15, -0.1) is 0 Å². The molecular weight excluding hydrogens is 234 g/mol. The summed E-state index contributed by atoms with van der Waals surface area (Å²) in [4.78, 5) is 15.1. The third-order valence-electron chi connectivity index (χ3n) is 4.10. The minimum atomic E-state index is 0.0956. The number of carbonyl (C=O) groups is 1. The zero-order chi connectivity index (χ0) is 14.0. The molecule has 1 saturated heterocycles. The maximum Gasteiger partial charge on any atom is 0.167 e. The molecule has 1 aromatic carbocycles. The maximum absolute atomic E-state index is 12.7. The average molecular weight is 259 g/mol. The van der Waals surface area contributed by atoms with Crippen LogP contribution in [0.3, 0.4) is 0 Å². The normalized spacial score (nSPS) is 17.7. The van der Waals surface area contributed by atoms with Gasteiger partial charge in [-0.25, -0.2) is 0 Å². The number of hydrogen-bond acceptors (Lipinski definition) is 2. The van der Waals surface area contributed by atoms with Gasteiger partial charge in [-0.3, -0.25) is 4.79 Å². The van der Waals surface area contributed by atoms with Gasteiger partial charge in [0.25, 0.3) is 0 Å². The summed E-state index contributed by atoms with van der Waals surface area (Å²) in [7, 11) is 0. The number of hydrogen-bond donors (Lipinski definition) is 0. The number of likely N-dealkylation sites (tertiary alicyclic amines) is 1. The standard InChI is InChI=1S/C17H25NO/c1-12-9-13(2)16(14(3)10-12)17(19)15(4)11-18-7-5-6-8-18/h9-10,15H,5-8,11H2,1-4H3. The molecule has 1 atom stereocenters. The lowest BCUT2D eigenvalue weighted by atomic mass is 9.90. The largest absolute Gasteiger partial charge is 0.303 e. The molecule has 1 aliphatic rings. The fraction of sp³-hybridized carbons (Fsp3) is 0.588. The van der Waals surface area contributed by atoms with Gasteiger partial charge in [0.2, 0.25) is 0 Å². The number of ketones is 1. The molecule has 1 fully saturated rings. The summed E-state index contributed by atoms with van der Waals surface area (Å²) in [6.07, 6.45) is 2.56. The highest BCUT2D eigenvalue weighted by atomic mass is 16.1. The number of Topliss-reactive ketones (excluding diaryl/α,β-unsaturated/α-hetero) is 1. The van der Waals surface area contributed by atoms with Crippen molar-refractivity contribution in [2.45, 2.75) is 40.5 Å². The van der Waals surface area contributed by atoms with E-state index in [2.05, 4.69) is 44.7 Å². The van der Waals surface area contributed by atoms with Crippen LogP contribution in [0.25, 0.3) is 0 Å². The molecule has 0 bridgehead atoms. The van der Waals surface area contributed by atoms with Crippen molar-refractivity contribution in [1.29, 1.82) is 0 Å². The Bertz CT molecular complexity index is 449. The average Bonchev–Trinajstić information content (AvgIpc) is 2.80. The van der Waals surface area contributed by atoms with Gasteiger partial charge in [-0.05, 0) is 57.8 Å². The topological polar surface area (TPSA) is 20.3 Å². The second kappa shape index (κ2) is 5.87. The summed E-state index contributed by atoms with van der Waals surface area (Å²) in [6, 6.07) is 4.23. The lowest BCUT2D eigenvalue weighted by molar-refractivity contribution is 0.0901. The highest BCUT2D eigenvalue weighted by Crippen LogP contribution is 2.21. The van der Waals surface area contributed by atoms with E-state index in [-0.39, 0.29) is 5.92 Å². The van der Waals surface area contributed by atoms with Crippen LogP contribution in [0.4, 0.5) is 0 Å². The molecule has 2 heteroatoms. The van der Waals surface area contributed by atoms with E-state index in [0.717, 1.165) is 36.3 Å². The van der Waals surface area contributed by atoms with Crippen LogP contribution < -0.4 is 0 Å². The predicted molar refractivity (Wildman–Crippen MR) is 79.8 cm³/mol. The Morgan fingerprint density at radius 2 is 1.68 bits per heavy atom. The molecule has 0 spiro atoms. The van der Waals surface area contributed by atoms with Gasteiger partial charge in [-0.2, -0.15) is 0 Å². The molecule has 19 heavy (non-hydrogen) atoms. The lowest BCUT2D eigenvalue weighted by Crippen LogP contribution is -2.30. The van der Waals surface area contributed by atoms with Crippen LogP contribution in [0.15, 0.2) is 12.1 Å². The van der Waals surface area contributed by atoms with Crippen LogP contribution in [-0.2, 0) is 0 Å². The summed E-state index contributed by atoms with van der Waals surface area (Å²) >= 11 is 0. The van der Waals surface area contributed by atoms with Crippen molar-refractivity contribution in [1.82, 2.24) is 4.90 Å². The van der Waals surface area contributed by atoms with Gasteiger partial charge in [0, 0.05) is 18.0 Å². The second-order valence-electron chi connectivity index (χ2n) is 6.05. The molecule has 2 nitrogen and oxygen atoms in total. The van der Waals surface area contributed by atoms with Gasteiger partial charge >= 0.3 is 0 Å². The van der Waals surface area contributed by atoms with E-state index in [9.17, 15) is 4.79 Å². The van der Waals surface area contributed by atoms with Crippen molar-refractivity contribution in [3.63, 3.8) is 0 Å².